The molecule has 2 atom stereocenters. The second kappa shape index (κ2) is 16.1. The number of alkyl halides is 1. The minimum absolute atomic E-state index is 0.0757. The van der Waals surface area contributed by atoms with Crippen molar-refractivity contribution in [2.45, 2.75) is 37.6 Å². The normalized spacial score (nSPS) is 12.0. The first-order valence-electron chi connectivity index (χ1n) is 11.9. The summed E-state index contributed by atoms with van der Waals surface area (Å²) in [5.41, 5.74) is 0.251. The number of aromatic nitrogens is 2. The van der Waals surface area contributed by atoms with Crippen LogP contribution in [0.2, 0.25) is 0 Å². The van der Waals surface area contributed by atoms with Gasteiger partial charge in [0.2, 0.25) is 5.56 Å². The van der Waals surface area contributed by atoms with Gasteiger partial charge in [0.25, 0.3) is 5.56 Å². The molecule has 0 aliphatic rings. The Kier molecular flexibility index (Phi) is 13.6. The molecule has 220 valence electrons. The van der Waals surface area contributed by atoms with E-state index in [1.165, 1.54) is 22.9 Å². The summed E-state index contributed by atoms with van der Waals surface area (Å²) < 4.78 is 80.5. The van der Waals surface area contributed by atoms with Gasteiger partial charge in [0.15, 0.2) is 34.9 Å². The van der Waals surface area contributed by atoms with E-state index in [-0.39, 0.29) is 21.5 Å². The number of halogens is 9. The predicted octanol–water partition coefficient (Wildman–Crippen LogP) is 9.11. The predicted molar refractivity (Wildman–Crippen MR) is 156 cm³/mol. The molecule has 1 N–H and O–H groups in total. The first kappa shape index (κ1) is 34.6. The number of hydrogen-bond acceptors (Lipinski definition) is 2. The molecule has 0 saturated heterocycles. The second-order valence-electron chi connectivity index (χ2n) is 8.36. The fourth-order valence-electron chi connectivity index (χ4n) is 3.46. The Balaban J connectivity index is 0.000000239. The molecule has 0 aliphatic heterocycles. The number of rotatable bonds is 5. The van der Waals surface area contributed by atoms with E-state index in [2.05, 4.69) is 52.8 Å². The minimum Gasteiger partial charge on any atom is -0.328 e. The molecule has 2 heterocycles. The van der Waals surface area contributed by atoms with Crippen LogP contribution in [0.25, 0.3) is 0 Å². The lowest BCUT2D eigenvalue weighted by atomic mass is 10.0. The van der Waals surface area contributed by atoms with Gasteiger partial charge in [-0.25, -0.2) is 26.3 Å². The summed E-state index contributed by atoms with van der Waals surface area (Å²) in [6.45, 7) is 3.63. The summed E-state index contributed by atoms with van der Waals surface area (Å²) in [5, 5.41) is 0. The lowest BCUT2D eigenvalue weighted by molar-refractivity contribution is 0.439. The number of pyridine rings is 2. The van der Waals surface area contributed by atoms with Crippen molar-refractivity contribution in [1.82, 2.24) is 9.55 Å². The number of H-pyrrole nitrogens is 1. The molecule has 4 aromatic rings. The SMILES string of the molecule is CCC(Br)c1cc(F)c(F)c(F)c1.CCC(c1cc(F)c(F)c(F)c1)n1cc(Br)ccc1=O.O=c1ccc(Br)c[nH]1. The Labute approximate surface area is 256 Å². The molecule has 4 rings (SSSR count). The smallest absolute Gasteiger partial charge is 0.251 e. The molecule has 0 radical (unpaired) electrons. The van der Waals surface area contributed by atoms with Crippen molar-refractivity contribution < 1.29 is 26.3 Å². The van der Waals surface area contributed by atoms with Crippen molar-refractivity contribution in [2.75, 3.05) is 0 Å². The monoisotopic (exact) mass is 770 g/mol. The molecule has 2 unspecified atom stereocenters. The molecule has 0 spiro atoms. The third kappa shape index (κ3) is 10.00. The van der Waals surface area contributed by atoms with E-state index in [1.807, 2.05) is 6.92 Å². The van der Waals surface area contributed by atoms with Crippen LogP contribution in [0.4, 0.5) is 26.3 Å². The van der Waals surface area contributed by atoms with Crippen LogP contribution < -0.4 is 11.1 Å². The van der Waals surface area contributed by atoms with Crippen LogP contribution in [-0.4, -0.2) is 9.55 Å². The van der Waals surface area contributed by atoms with Gasteiger partial charge in [-0.05, 0) is 92.2 Å². The maximum Gasteiger partial charge on any atom is 0.251 e. The Hall–Kier alpha value is -2.64. The fraction of sp³-hybridized carbons (Fsp3) is 0.214. The zero-order chi connectivity index (χ0) is 30.9. The molecule has 0 fully saturated rings. The van der Waals surface area contributed by atoms with Crippen LogP contribution in [0.5, 0.6) is 0 Å². The zero-order valence-electron chi connectivity index (χ0n) is 21.5. The second-order valence-corrected chi connectivity index (χ2v) is 11.3. The minimum atomic E-state index is -1.51. The maximum absolute atomic E-state index is 13.3. The van der Waals surface area contributed by atoms with Gasteiger partial charge < -0.3 is 9.55 Å². The van der Waals surface area contributed by atoms with Crippen LogP contribution in [-0.2, 0) is 0 Å². The van der Waals surface area contributed by atoms with E-state index in [4.69, 9.17) is 0 Å². The molecular weight excluding hydrogens is 750 g/mol. The third-order valence-corrected chi connectivity index (χ3v) is 7.63. The average molecular weight is 773 g/mol. The fourth-order valence-corrected chi connectivity index (χ4v) is 4.33. The zero-order valence-corrected chi connectivity index (χ0v) is 26.3. The molecular formula is C28H23Br3F6N2O2. The highest BCUT2D eigenvalue weighted by Gasteiger charge is 2.18. The highest BCUT2D eigenvalue weighted by Crippen LogP contribution is 2.28. The van der Waals surface area contributed by atoms with E-state index >= 15 is 0 Å². The highest BCUT2D eigenvalue weighted by molar-refractivity contribution is 9.10. The van der Waals surface area contributed by atoms with Gasteiger partial charge in [-0.2, -0.15) is 0 Å². The van der Waals surface area contributed by atoms with Crippen molar-refractivity contribution in [3.63, 3.8) is 0 Å². The number of nitrogens with one attached hydrogen (secondary N) is 1. The molecule has 0 aliphatic carbocycles. The van der Waals surface area contributed by atoms with Gasteiger partial charge in [0.05, 0.1) is 6.04 Å². The van der Waals surface area contributed by atoms with Gasteiger partial charge >= 0.3 is 0 Å². The topological polar surface area (TPSA) is 54.9 Å². The van der Waals surface area contributed by atoms with Gasteiger partial charge in [-0.3, -0.25) is 9.59 Å². The number of hydrogen-bond donors (Lipinski definition) is 1. The summed E-state index contributed by atoms with van der Waals surface area (Å²) in [7, 11) is 0. The third-order valence-electron chi connectivity index (χ3n) is 5.49. The maximum atomic E-state index is 13.3. The lowest BCUT2D eigenvalue weighted by Gasteiger charge is -2.19. The van der Waals surface area contributed by atoms with Crippen LogP contribution >= 0.6 is 47.8 Å². The first-order valence-corrected chi connectivity index (χ1v) is 14.4. The largest absolute Gasteiger partial charge is 0.328 e. The molecule has 13 heteroatoms. The van der Waals surface area contributed by atoms with Crippen molar-refractivity contribution >= 4 is 47.8 Å². The molecule has 2 aromatic carbocycles. The Morgan fingerprint density at radius 2 is 1.22 bits per heavy atom. The number of benzene rings is 2. The van der Waals surface area contributed by atoms with Crippen molar-refractivity contribution in [3.05, 3.63) is 137 Å². The van der Waals surface area contributed by atoms with E-state index in [0.29, 0.717) is 22.9 Å². The quantitative estimate of drug-likeness (QED) is 0.125. The van der Waals surface area contributed by atoms with Crippen LogP contribution in [0.3, 0.4) is 0 Å². The summed E-state index contributed by atoms with van der Waals surface area (Å²) in [4.78, 5) is 24.6. The molecule has 0 amide bonds. The van der Waals surface area contributed by atoms with Crippen molar-refractivity contribution in [1.29, 1.82) is 0 Å². The van der Waals surface area contributed by atoms with Crippen LogP contribution in [0.1, 0.15) is 48.7 Å². The van der Waals surface area contributed by atoms with E-state index in [1.54, 1.807) is 25.3 Å². The van der Waals surface area contributed by atoms with Gasteiger partial charge in [-0.15, -0.1) is 0 Å². The van der Waals surface area contributed by atoms with Crippen molar-refractivity contribution in [2.24, 2.45) is 0 Å². The molecule has 41 heavy (non-hydrogen) atoms. The van der Waals surface area contributed by atoms with Crippen LogP contribution in [0.15, 0.2) is 79.5 Å². The Morgan fingerprint density at radius 1 is 0.732 bits per heavy atom. The van der Waals surface area contributed by atoms with E-state index in [9.17, 15) is 35.9 Å². The molecule has 0 saturated carbocycles. The van der Waals surface area contributed by atoms with Gasteiger partial charge in [0.1, 0.15) is 0 Å². The summed E-state index contributed by atoms with van der Waals surface area (Å²) >= 11 is 9.64. The number of aromatic amines is 1. The standard InChI is InChI=1S/C14H11BrF3NO.C9H8BrF3.C5H4BrNO/c1-2-12(19-7-9(15)3-4-13(19)20)8-5-10(16)14(18)11(17)6-8;1-2-6(10)5-3-7(11)9(13)8(12)4-5;6-4-1-2-5(8)7-3-4/h3-7,12H,2H2,1H3;3-4,6H,2H2,1H3;1-3H,(H,7,8). The molecule has 4 nitrogen and oxygen atoms in total. The molecule has 2 aromatic heterocycles. The molecule has 0 bridgehead atoms. The lowest BCUT2D eigenvalue weighted by Crippen LogP contribution is -2.24. The average Bonchev–Trinajstić information content (AvgIpc) is 2.94. The van der Waals surface area contributed by atoms with E-state index in [0.717, 1.165) is 28.7 Å². The van der Waals surface area contributed by atoms with Crippen LogP contribution in [0, 0.1) is 34.9 Å². The summed E-state index contributed by atoms with van der Waals surface area (Å²) in [5.74, 6) is -7.74. The number of nitrogens with zero attached hydrogens (tertiary/aromatic N) is 1. The summed E-state index contributed by atoms with van der Waals surface area (Å²) in [6, 6.07) is 9.36. The van der Waals surface area contributed by atoms with Crippen molar-refractivity contribution in [3.8, 4) is 0 Å². The first-order chi connectivity index (χ1) is 19.3. The Bertz CT molecular complexity index is 1530. The van der Waals surface area contributed by atoms with Gasteiger partial charge in [0, 0.05) is 38.3 Å². The van der Waals surface area contributed by atoms with E-state index < -0.39 is 40.9 Å². The van der Waals surface area contributed by atoms with Gasteiger partial charge in [-0.1, -0.05) is 29.8 Å². The highest BCUT2D eigenvalue weighted by atomic mass is 79.9. The summed E-state index contributed by atoms with van der Waals surface area (Å²) in [6.07, 6.45) is 4.25. The Morgan fingerprint density at radius 3 is 1.63 bits per heavy atom.